The first-order valence-corrected chi connectivity index (χ1v) is 7.53. The van der Waals surface area contributed by atoms with Gasteiger partial charge in [0.1, 0.15) is 0 Å². The van der Waals surface area contributed by atoms with E-state index in [-0.39, 0.29) is 5.03 Å². The molecule has 2 aromatic rings. The van der Waals surface area contributed by atoms with E-state index in [9.17, 15) is 8.42 Å². The van der Waals surface area contributed by atoms with E-state index in [1.165, 1.54) is 12.3 Å². The van der Waals surface area contributed by atoms with Crippen LogP contribution < -0.4 is 10.0 Å². The first kappa shape index (κ1) is 12.0. The average Bonchev–Trinajstić information content (AvgIpc) is 2.93. The molecular weight excluding hydrogens is 264 g/mol. The Hall–Kier alpha value is -2.02. The van der Waals surface area contributed by atoms with Gasteiger partial charge in [-0.25, -0.2) is 0 Å². The molecule has 1 aliphatic rings. The van der Waals surface area contributed by atoms with Crippen molar-refractivity contribution in [1.29, 1.82) is 0 Å². The number of anilines is 2. The Labute approximate surface area is 111 Å². The predicted molar refractivity (Wildman–Crippen MR) is 72.6 cm³/mol. The number of H-pyrrole nitrogens is 1. The van der Waals surface area contributed by atoms with E-state index in [0.717, 1.165) is 30.6 Å². The van der Waals surface area contributed by atoms with Gasteiger partial charge in [-0.05, 0) is 36.6 Å². The van der Waals surface area contributed by atoms with Crippen LogP contribution >= 0.6 is 0 Å². The Morgan fingerprint density at radius 1 is 1.26 bits per heavy atom. The van der Waals surface area contributed by atoms with Crippen LogP contribution in [0.5, 0.6) is 0 Å². The van der Waals surface area contributed by atoms with E-state index in [1.54, 1.807) is 6.07 Å². The highest BCUT2D eigenvalue weighted by atomic mass is 32.2. The normalized spacial score (nSPS) is 14.5. The van der Waals surface area contributed by atoms with Crippen molar-refractivity contribution in [1.82, 2.24) is 10.2 Å². The van der Waals surface area contributed by atoms with Gasteiger partial charge in [0.2, 0.25) is 0 Å². The van der Waals surface area contributed by atoms with E-state index in [0.29, 0.717) is 5.69 Å². The van der Waals surface area contributed by atoms with Crippen molar-refractivity contribution in [2.24, 2.45) is 0 Å². The van der Waals surface area contributed by atoms with Gasteiger partial charge < -0.3 is 5.32 Å². The Balaban J connectivity index is 1.96. The number of nitrogens with zero attached hydrogens (tertiary/aromatic N) is 1. The Morgan fingerprint density at radius 2 is 2.16 bits per heavy atom. The molecule has 0 amide bonds. The molecule has 19 heavy (non-hydrogen) atoms. The second kappa shape index (κ2) is 4.58. The van der Waals surface area contributed by atoms with Crippen molar-refractivity contribution in [3.05, 3.63) is 36.0 Å². The Kier molecular flexibility index (Phi) is 2.90. The topological polar surface area (TPSA) is 86.9 Å². The van der Waals surface area contributed by atoms with Crippen LogP contribution in [0.15, 0.2) is 35.5 Å². The number of fused-ring (bicyclic) bond motifs is 1. The SMILES string of the molecule is O=S(=O)(Nc1cccc2c1CCCN2)c1ccn[nH]1. The fourth-order valence-corrected chi connectivity index (χ4v) is 3.20. The third-order valence-corrected chi connectivity index (χ3v) is 4.40. The molecule has 0 atom stereocenters. The van der Waals surface area contributed by atoms with Gasteiger partial charge >= 0.3 is 0 Å². The zero-order chi connectivity index (χ0) is 13.3. The molecule has 3 N–H and O–H groups in total. The van der Waals surface area contributed by atoms with Gasteiger partial charge in [0.15, 0.2) is 5.03 Å². The van der Waals surface area contributed by atoms with Crippen molar-refractivity contribution >= 4 is 21.4 Å². The van der Waals surface area contributed by atoms with E-state index in [4.69, 9.17) is 0 Å². The molecule has 0 spiro atoms. The van der Waals surface area contributed by atoms with E-state index >= 15 is 0 Å². The molecule has 0 fully saturated rings. The lowest BCUT2D eigenvalue weighted by Crippen LogP contribution is -2.18. The monoisotopic (exact) mass is 278 g/mol. The van der Waals surface area contributed by atoms with Crippen molar-refractivity contribution in [2.75, 3.05) is 16.6 Å². The third-order valence-electron chi connectivity index (χ3n) is 3.10. The molecule has 100 valence electrons. The molecule has 6 nitrogen and oxygen atoms in total. The third kappa shape index (κ3) is 2.28. The number of aromatic nitrogens is 2. The number of rotatable bonds is 3. The minimum atomic E-state index is -3.60. The minimum absolute atomic E-state index is 0.0638. The summed E-state index contributed by atoms with van der Waals surface area (Å²) in [6, 6.07) is 7.00. The van der Waals surface area contributed by atoms with E-state index < -0.39 is 10.0 Å². The standard InChI is InChI=1S/C12H14N4O2S/c17-19(18,12-6-8-14-15-12)16-11-5-1-4-10-9(11)3-2-7-13-10/h1,4-6,8,13,16H,2-3,7H2,(H,14,15). The van der Waals surface area contributed by atoms with Gasteiger partial charge in [0.05, 0.1) is 11.9 Å². The van der Waals surface area contributed by atoms with E-state index in [1.807, 2.05) is 12.1 Å². The van der Waals surface area contributed by atoms with E-state index in [2.05, 4.69) is 20.2 Å². The fourth-order valence-electron chi connectivity index (χ4n) is 2.20. The smallest absolute Gasteiger partial charge is 0.278 e. The fraction of sp³-hybridized carbons (Fsp3) is 0.250. The van der Waals surface area contributed by atoms with Crippen molar-refractivity contribution in [2.45, 2.75) is 17.9 Å². The first-order valence-electron chi connectivity index (χ1n) is 6.05. The molecule has 2 heterocycles. The number of benzene rings is 1. The molecule has 1 aromatic heterocycles. The maximum absolute atomic E-state index is 12.1. The lowest BCUT2D eigenvalue weighted by molar-refractivity contribution is 0.597. The average molecular weight is 278 g/mol. The van der Waals surface area contributed by atoms with Crippen LogP contribution in [0.2, 0.25) is 0 Å². The first-order chi connectivity index (χ1) is 9.17. The van der Waals surface area contributed by atoms with Crippen LogP contribution in [0.4, 0.5) is 11.4 Å². The zero-order valence-corrected chi connectivity index (χ0v) is 11.0. The highest BCUT2D eigenvalue weighted by Gasteiger charge is 2.19. The highest BCUT2D eigenvalue weighted by Crippen LogP contribution is 2.30. The summed E-state index contributed by atoms with van der Waals surface area (Å²) in [4.78, 5) is 0. The van der Waals surface area contributed by atoms with Crippen LogP contribution in [0.3, 0.4) is 0 Å². The summed E-state index contributed by atoms with van der Waals surface area (Å²) in [6.07, 6.45) is 3.27. The van der Waals surface area contributed by atoms with Crippen LogP contribution in [-0.4, -0.2) is 25.2 Å². The Morgan fingerprint density at radius 3 is 2.95 bits per heavy atom. The Bertz CT molecular complexity index is 680. The maximum Gasteiger partial charge on any atom is 0.278 e. The number of nitrogens with one attached hydrogen (secondary N) is 3. The largest absolute Gasteiger partial charge is 0.385 e. The zero-order valence-electron chi connectivity index (χ0n) is 10.2. The lowest BCUT2D eigenvalue weighted by Gasteiger charge is -2.21. The molecule has 0 aliphatic carbocycles. The number of hydrogen-bond donors (Lipinski definition) is 3. The minimum Gasteiger partial charge on any atom is -0.385 e. The summed E-state index contributed by atoms with van der Waals surface area (Å²) in [5.74, 6) is 0. The molecular formula is C12H14N4O2S. The predicted octanol–water partition coefficient (Wildman–Crippen LogP) is 1.57. The molecule has 7 heteroatoms. The molecule has 3 rings (SSSR count). The summed E-state index contributed by atoms with van der Waals surface area (Å²) in [7, 11) is -3.60. The number of sulfonamides is 1. The molecule has 1 aliphatic heterocycles. The molecule has 0 radical (unpaired) electrons. The van der Waals surface area contributed by atoms with Crippen molar-refractivity contribution in [3.8, 4) is 0 Å². The highest BCUT2D eigenvalue weighted by molar-refractivity contribution is 7.92. The van der Waals surface area contributed by atoms with Crippen molar-refractivity contribution < 1.29 is 8.42 Å². The van der Waals surface area contributed by atoms with Crippen LogP contribution in [0.1, 0.15) is 12.0 Å². The van der Waals surface area contributed by atoms with Gasteiger partial charge in [-0.2, -0.15) is 13.5 Å². The summed E-state index contributed by atoms with van der Waals surface area (Å²) in [6.45, 7) is 0.920. The molecule has 1 aromatic carbocycles. The molecule has 0 bridgehead atoms. The molecule has 0 unspecified atom stereocenters. The lowest BCUT2D eigenvalue weighted by atomic mass is 10.0. The number of aromatic amines is 1. The summed E-state index contributed by atoms with van der Waals surface area (Å²) >= 11 is 0. The van der Waals surface area contributed by atoms with Crippen LogP contribution in [-0.2, 0) is 16.4 Å². The second-order valence-corrected chi connectivity index (χ2v) is 6.04. The second-order valence-electron chi connectivity index (χ2n) is 4.39. The maximum atomic E-state index is 12.1. The quantitative estimate of drug-likeness (QED) is 0.795. The molecule has 0 saturated heterocycles. The molecule has 0 saturated carbocycles. The van der Waals surface area contributed by atoms with Gasteiger partial charge in [0.25, 0.3) is 10.0 Å². The van der Waals surface area contributed by atoms with Gasteiger partial charge in [-0.3, -0.25) is 9.82 Å². The van der Waals surface area contributed by atoms with Crippen LogP contribution in [0.25, 0.3) is 0 Å². The van der Waals surface area contributed by atoms with Gasteiger partial charge in [-0.15, -0.1) is 0 Å². The van der Waals surface area contributed by atoms with Gasteiger partial charge in [-0.1, -0.05) is 6.07 Å². The van der Waals surface area contributed by atoms with Crippen molar-refractivity contribution in [3.63, 3.8) is 0 Å². The number of hydrogen-bond acceptors (Lipinski definition) is 4. The summed E-state index contributed by atoms with van der Waals surface area (Å²) in [5.41, 5.74) is 2.63. The summed E-state index contributed by atoms with van der Waals surface area (Å²) in [5, 5.41) is 9.46. The summed E-state index contributed by atoms with van der Waals surface area (Å²) < 4.78 is 26.9. The van der Waals surface area contributed by atoms with Gasteiger partial charge in [0, 0.05) is 12.2 Å². The van der Waals surface area contributed by atoms with Crippen LogP contribution in [0, 0.1) is 0 Å².